The van der Waals surface area contributed by atoms with Gasteiger partial charge in [-0.25, -0.2) is 18.1 Å². The van der Waals surface area contributed by atoms with E-state index in [9.17, 15) is 8.42 Å². The molecule has 3 aromatic carbocycles. The Morgan fingerprint density at radius 3 is 2.40 bits per heavy atom. The van der Waals surface area contributed by atoms with E-state index in [1.807, 2.05) is 44.2 Å². The van der Waals surface area contributed by atoms with Gasteiger partial charge < -0.3 is 10.1 Å². The number of aryl methyl sites for hydroxylation is 2. The molecule has 0 saturated heterocycles. The van der Waals surface area contributed by atoms with Crippen LogP contribution in [-0.4, -0.2) is 24.9 Å². The molecule has 0 saturated carbocycles. The van der Waals surface area contributed by atoms with Crippen molar-refractivity contribution < 1.29 is 13.2 Å². The lowest BCUT2D eigenvalue weighted by Crippen LogP contribution is -2.21. The van der Waals surface area contributed by atoms with Gasteiger partial charge in [0.1, 0.15) is 6.10 Å². The van der Waals surface area contributed by atoms with E-state index in [4.69, 9.17) is 16.3 Å². The molecule has 0 fully saturated rings. The van der Waals surface area contributed by atoms with Crippen molar-refractivity contribution in [1.29, 1.82) is 0 Å². The van der Waals surface area contributed by atoms with E-state index in [-0.39, 0.29) is 16.7 Å². The summed E-state index contributed by atoms with van der Waals surface area (Å²) in [5.74, 6) is 0.190. The summed E-state index contributed by atoms with van der Waals surface area (Å²) >= 11 is 6.10. The van der Waals surface area contributed by atoms with Crippen molar-refractivity contribution in [2.45, 2.75) is 24.8 Å². The topological polar surface area (TPSA) is 93.2 Å². The molecule has 5 rings (SSSR count). The lowest BCUT2D eigenvalue weighted by atomic mass is 10.00. The monoisotopic (exact) mass is 506 g/mol. The number of fused-ring (bicyclic) bond motifs is 4. The Hall–Kier alpha value is -3.62. The SMILES string of the molecule is Cc1cccc(C)c1-c1cc2nc(n1)NS(=O)(=O)c1cccc(c1)NCC(c1ccc(Cl)cc1)O2. The van der Waals surface area contributed by atoms with Gasteiger partial charge >= 0.3 is 0 Å². The minimum Gasteiger partial charge on any atom is -0.467 e. The molecule has 1 aromatic heterocycles. The fraction of sp³-hybridized carbons (Fsp3) is 0.154. The van der Waals surface area contributed by atoms with Gasteiger partial charge in [-0.15, -0.1) is 0 Å². The summed E-state index contributed by atoms with van der Waals surface area (Å²) in [4.78, 5) is 9.06. The lowest BCUT2D eigenvalue weighted by molar-refractivity contribution is 0.210. The molecule has 0 spiro atoms. The zero-order valence-corrected chi connectivity index (χ0v) is 20.7. The molecule has 1 aliphatic heterocycles. The molecule has 1 atom stereocenters. The Morgan fingerprint density at radius 2 is 1.66 bits per heavy atom. The minimum atomic E-state index is -3.92. The van der Waals surface area contributed by atoms with E-state index in [0.717, 1.165) is 22.3 Å². The first-order chi connectivity index (χ1) is 16.8. The summed E-state index contributed by atoms with van der Waals surface area (Å²) in [6.07, 6.45) is -0.430. The van der Waals surface area contributed by atoms with Crippen LogP contribution in [0.3, 0.4) is 0 Å². The van der Waals surface area contributed by atoms with Gasteiger partial charge in [-0.1, -0.05) is 48.0 Å². The van der Waals surface area contributed by atoms with Crippen molar-refractivity contribution in [2.75, 3.05) is 16.6 Å². The van der Waals surface area contributed by atoms with Crippen molar-refractivity contribution >= 4 is 33.3 Å². The van der Waals surface area contributed by atoms with E-state index >= 15 is 0 Å². The van der Waals surface area contributed by atoms with E-state index in [1.54, 1.807) is 36.4 Å². The zero-order chi connectivity index (χ0) is 24.6. The van der Waals surface area contributed by atoms with Crippen LogP contribution in [0.25, 0.3) is 11.3 Å². The maximum Gasteiger partial charge on any atom is 0.264 e. The second kappa shape index (κ2) is 9.20. The molecule has 4 bridgehead atoms. The third-order valence-corrected chi connectivity index (χ3v) is 7.38. The first-order valence-electron chi connectivity index (χ1n) is 11.0. The standard InChI is InChI=1S/C26H23ClN4O3S/c1-16-5-3-6-17(2)25(16)22-14-24-30-26(29-22)31-35(32,33)21-8-4-7-20(13-21)28-15-23(34-24)18-9-11-19(27)12-10-18/h3-14,23,28H,15H2,1-2H3,(H,29,30,31). The second-order valence-electron chi connectivity index (χ2n) is 8.35. The maximum absolute atomic E-state index is 13.1. The summed E-state index contributed by atoms with van der Waals surface area (Å²) < 4.78 is 35.1. The van der Waals surface area contributed by atoms with Crippen molar-refractivity contribution in [3.63, 3.8) is 0 Å². The molecular weight excluding hydrogens is 484 g/mol. The third-order valence-electron chi connectivity index (χ3n) is 5.81. The number of hydrogen-bond donors (Lipinski definition) is 2. The summed E-state index contributed by atoms with van der Waals surface area (Å²) in [5, 5.41) is 3.91. The lowest BCUT2D eigenvalue weighted by Gasteiger charge is -2.22. The molecule has 9 heteroatoms. The summed E-state index contributed by atoms with van der Waals surface area (Å²) in [5.41, 5.74) is 5.02. The molecular formula is C26H23ClN4O3S. The van der Waals surface area contributed by atoms with E-state index < -0.39 is 16.1 Å². The van der Waals surface area contributed by atoms with Crippen molar-refractivity contribution in [3.8, 4) is 17.1 Å². The van der Waals surface area contributed by atoms with Gasteiger partial charge in [-0.05, 0) is 60.9 Å². The van der Waals surface area contributed by atoms with Crippen LogP contribution in [0.5, 0.6) is 5.88 Å². The Bertz CT molecular complexity index is 1490. The molecule has 35 heavy (non-hydrogen) atoms. The van der Waals surface area contributed by atoms with Gasteiger partial charge in [-0.3, -0.25) is 0 Å². The third kappa shape index (κ3) is 4.94. The van der Waals surface area contributed by atoms with Crippen LogP contribution in [0.2, 0.25) is 5.02 Å². The normalized spacial score (nSPS) is 16.6. The number of halogens is 1. The summed E-state index contributed by atoms with van der Waals surface area (Å²) in [6, 6.07) is 21.7. The highest BCUT2D eigenvalue weighted by Crippen LogP contribution is 2.32. The molecule has 7 nitrogen and oxygen atoms in total. The van der Waals surface area contributed by atoms with Crippen LogP contribution < -0.4 is 14.8 Å². The summed E-state index contributed by atoms with van der Waals surface area (Å²) in [6.45, 7) is 4.34. The molecule has 2 N–H and O–H groups in total. The highest BCUT2D eigenvalue weighted by Gasteiger charge is 2.22. The average molecular weight is 507 g/mol. The predicted octanol–water partition coefficient (Wildman–Crippen LogP) is 5.76. The fourth-order valence-corrected chi connectivity index (χ4v) is 5.21. The second-order valence-corrected chi connectivity index (χ2v) is 10.5. The molecule has 4 aromatic rings. The molecule has 178 valence electrons. The number of hydrogen-bond acceptors (Lipinski definition) is 6. The highest BCUT2D eigenvalue weighted by molar-refractivity contribution is 7.92. The van der Waals surface area contributed by atoms with Gasteiger partial charge in [0.05, 0.1) is 17.1 Å². The van der Waals surface area contributed by atoms with Gasteiger partial charge in [0.15, 0.2) is 0 Å². The van der Waals surface area contributed by atoms with E-state index in [0.29, 0.717) is 22.9 Å². The zero-order valence-electron chi connectivity index (χ0n) is 19.1. The number of nitrogens with one attached hydrogen (secondary N) is 2. The van der Waals surface area contributed by atoms with Gasteiger partial charge in [0.25, 0.3) is 10.0 Å². The van der Waals surface area contributed by atoms with E-state index in [1.165, 1.54) is 6.07 Å². The van der Waals surface area contributed by atoms with Gasteiger partial charge in [0, 0.05) is 22.3 Å². The number of nitrogens with zero attached hydrogens (tertiary/aromatic N) is 2. The number of rotatable bonds is 2. The number of anilines is 2. The van der Waals surface area contributed by atoms with E-state index in [2.05, 4.69) is 20.0 Å². The average Bonchev–Trinajstić information content (AvgIpc) is 2.81. The number of ether oxygens (including phenoxy) is 1. The Morgan fingerprint density at radius 1 is 0.943 bits per heavy atom. The molecule has 0 amide bonds. The number of sulfonamides is 1. The highest BCUT2D eigenvalue weighted by atomic mass is 35.5. The maximum atomic E-state index is 13.1. The molecule has 0 radical (unpaired) electrons. The van der Waals surface area contributed by atoms with Crippen LogP contribution >= 0.6 is 11.6 Å². The van der Waals surface area contributed by atoms with Crippen LogP contribution in [0.15, 0.2) is 77.7 Å². The Labute approximate surface area is 209 Å². The van der Waals surface area contributed by atoms with Crippen LogP contribution in [0.1, 0.15) is 22.8 Å². The molecule has 1 unspecified atom stereocenters. The molecule has 2 heterocycles. The minimum absolute atomic E-state index is 0.0612. The molecule has 1 aliphatic rings. The Balaban J connectivity index is 1.68. The van der Waals surface area contributed by atoms with Gasteiger partial charge in [-0.2, -0.15) is 4.98 Å². The predicted molar refractivity (Wildman–Crippen MR) is 138 cm³/mol. The molecule has 0 aliphatic carbocycles. The van der Waals surface area contributed by atoms with Crippen LogP contribution in [0.4, 0.5) is 11.6 Å². The van der Waals surface area contributed by atoms with Crippen molar-refractivity contribution in [1.82, 2.24) is 9.97 Å². The number of benzene rings is 3. The largest absolute Gasteiger partial charge is 0.467 e. The first-order valence-corrected chi connectivity index (χ1v) is 12.9. The Kier molecular flexibility index (Phi) is 6.08. The first kappa shape index (κ1) is 23.1. The van der Waals surface area contributed by atoms with Crippen LogP contribution in [0, 0.1) is 13.8 Å². The summed E-state index contributed by atoms with van der Waals surface area (Å²) in [7, 11) is -3.92. The smallest absolute Gasteiger partial charge is 0.264 e. The van der Waals surface area contributed by atoms with Crippen LogP contribution in [-0.2, 0) is 10.0 Å². The van der Waals surface area contributed by atoms with Crippen molar-refractivity contribution in [3.05, 3.63) is 94.5 Å². The quantitative estimate of drug-likeness (QED) is 0.359. The van der Waals surface area contributed by atoms with Gasteiger partial charge in [0.2, 0.25) is 11.8 Å². The fourth-order valence-electron chi connectivity index (χ4n) is 4.09. The van der Waals surface area contributed by atoms with Crippen molar-refractivity contribution in [2.24, 2.45) is 0 Å². The number of aromatic nitrogens is 2.